The SMILES string of the molecule is COC(=O)CC(CCCCC(CC(=O)OC)C(=O)OC)C(=O)OC. The Balaban J connectivity index is 4.45. The van der Waals surface area contributed by atoms with Gasteiger partial charge in [-0.2, -0.15) is 0 Å². The van der Waals surface area contributed by atoms with Gasteiger partial charge in [-0.05, 0) is 12.8 Å². The van der Waals surface area contributed by atoms with Crippen molar-refractivity contribution in [3.8, 4) is 0 Å². The van der Waals surface area contributed by atoms with Crippen molar-refractivity contribution in [2.45, 2.75) is 38.5 Å². The average Bonchev–Trinajstić information content (AvgIpc) is 2.60. The fourth-order valence-electron chi connectivity index (χ4n) is 2.29. The Bertz CT molecular complexity index is 392. The summed E-state index contributed by atoms with van der Waals surface area (Å²) in [4.78, 5) is 46.0. The van der Waals surface area contributed by atoms with Gasteiger partial charge in [-0.25, -0.2) is 0 Å². The van der Waals surface area contributed by atoms with Crippen LogP contribution in [0.3, 0.4) is 0 Å². The molecule has 24 heavy (non-hydrogen) atoms. The topological polar surface area (TPSA) is 105 Å². The molecule has 0 saturated carbocycles. The molecule has 0 aromatic carbocycles. The second-order valence-corrected chi connectivity index (χ2v) is 5.29. The van der Waals surface area contributed by atoms with E-state index in [1.165, 1.54) is 28.4 Å². The van der Waals surface area contributed by atoms with Gasteiger partial charge in [0.05, 0.1) is 53.1 Å². The Kier molecular flexibility index (Phi) is 11.2. The van der Waals surface area contributed by atoms with Crippen LogP contribution in [0.4, 0.5) is 0 Å². The summed E-state index contributed by atoms with van der Waals surface area (Å²) in [6, 6.07) is 0. The monoisotopic (exact) mass is 346 g/mol. The van der Waals surface area contributed by atoms with Crippen molar-refractivity contribution < 1.29 is 38.1 Å². The molecule has 2 unspecified atom stereocenters. The van der Waals surface area contributed by atoms with Crippen LogP contribution < -0.4 is 0 Å². The zero-order valence-corrected chi connectivity index (χ0v) is 14.7. The molecule has 0 aromatic rings. The zero-order chi connectivity index (χ0) is 18.5. The van der Waals surface area contributed by atoms with Crippen molar-refractivity contribution in [3.05, 3.63) is 0 Å². The number of carbonyl (C=O) groups excluding carboxylic acids is 4. The maximum Gasteiger partial charge on any atom is 0.309 e. The molecule has 0 spiro atoms. The minimum Gasteiger partial charge on any atom is -0.469 e. The van der Waals surface area contributed by atoms with E-state index in [0.29, 0.717) is 25.7 Å². The van der Waals surface area contributed by atoms with Gasteiger partial charge in [-0.15, -0.1) is 0 Å². The molecule has 0 saturated heterocycles. The second-order valence-electron chi connectivity index (χ2n) is 5.29. The number of hydrogen-bond donors (Lipinski definition) is 0. The van der Waals surface area contributed by atoms with Gasteiger partial charge in [-0.3, -0.25) is 19.2 Å². The molecule has 0 radical (unpaired) electrons. The molecule has 0 aliphatic carbocycles. The molecule has 0 amide bonds. The van der Waals surface area contributed by atoms with Gasteiger partial charge in [0.2, 0.25) is 0 Å². The number of carbonyl (C=O) groups is 4. The maximum atomic E-state index is 11.7. The van der Waals surface area contributed by atoms with E-state index in [2.05, 4.69) is 18.9 Å². The number of esters is 4. The van der Waals surface area contributed by atoms with Crippen molar-refractivity contribution >= 4 is 23.9 Å². The van der Waals surface area contributed by atoms with Gasteiger partial charge in [0, 0.05) is 0 Å². The Morgan fingerprint density at radius 2 is 0.958 bits per heavy atom. The van der Waals surface area contributed by atoms with E-state index in [0.717, 1.165) is 0 Å². The Hall–Kier alpha value is -2.12. The van der Waals surface area contributed by atoms with E-state index in [-0.39, 0.29) is 12.8 Å². The number of unbranched alkanes of at least 4 members (excludes halogenated alkanes) is 1. The van der Waals surface area contributed by atoms with Crippen LogP contribution in [0.5, 0.6) is 0 Å². The molecule has 2 atom stereocenters. The standard InChI is InChI=1S/C16H26O8/c1-21-13(17)9-11(15(19)23-3)7-5-6-8-12(16(20)24-4)10-14(18)22-2/h11-12H,5-10H2,1-4H3. The van der Waals surface area contributed by atoms with Crippen LogP contribution in [-0.2, 0) is 38.1 Å². The smallest absolute Gasteiger partial charge is 0.309 e. The second kappa shape index (κ2) is 12.3. The fourth-order valence-corrected chi connectivity index (χ4v) is 2.29. The highest BCUT2D eigenvalue weighted by Gasteiger charge is 2.25. The third-order valence-corrected chi connectivity index (χ3v) is 3.71. The van der Waals surface area contributed by atoms with Gasteiger partial charge in [0.25, 0.3) is 0 Å². The molecule has 8 heteroatoms. The first kappa shape index (κ1) is 21.9. The molecule has 0 N–H and O–H groups in total. The van der Waals surface area contributed by atoms with Gasteiger partial charge < -0.3 is 18.9 Å². The lowest BCUT2D eigenvalue weighted by Crippen LogP contribution is -2.22. The van der Waals surface area contributed by atoms with Crippen LogP contribution in [0.15, 0.2) is 0 Å². The number of ether oxygens (including phenoxy) is 4. The maximum absolute atomic E-state index is 11.7. The van der Waals surface area contributed by atoms with Crippen LogP contribution in [0.1, 0.15) is 38.5 Å². The lowest BCUT2D eigenvalue weighted by Gasteiger charge is -2.15. The minimum atomic E-state index is -0.584. The molecule has 138 valence electrons. The molecular weight excluding hydrogens is 320 g/mol. The Morgan fingerprint density at radius 1 is 0.625 bits per heavy atom. The summed E-state index contributed by atoms with van der Waals surface area (Å²) in [6.45, 7) is 0. The van der Waals surface area contributed by atoms with Crippen LogP contribution in [0, 0.1) is 11.8 Å². The molecule has 8 nitrogen and oxygen atoms in total. The molecule has 0 bridgehead atoms. The first-order valence-electron chi connectivity index (χ1n) is 7.68. The molecular formula is C16H26O8. The summed E-state index contributed by atoms with van der Waals surface area (Å²) in [6.07, 6.45) is 1.93. The summed E-state index contributed by atoms with van der Waals surface area (Å²) in [7, 11) is 5.03. The summed E-state index contributed by atoms with van der Waals surface area (Å²) in [5, 5.41) is 0. The quantitative estimate of drug-likeness (QED) is 0.313. The fraction of sp³-hybridized carbons (Fsp3) is 0.750. The van der Waals surface area contributed by atoms with E-state index < -0.39 is 35.7 Å². The highest BCUT2D eigenvalue weighted by Crippen LogP contribution is 2.20. The highest BCUT2D eigenvalue weighted by atomic mass is 16.5. The van der Waals surface area contributed by atoms with E-state index in [1.54, 1.807) is 0 Å². The number of rotatable bonds is 11. The van der Waals surface area contributed by atoms with Crippen molar-refractivity contribution in [3.63, 3.8) is 0 Å². The van der Waals surface area contributed by atoms with Crippen LogP contribution >= 0.6 is 0 Å². The summed E-state index contributed by atoms with van der Waals surface area (Å²) >= 11 is 0. The van der Waals surface area contributed by atoms with Crippen molar-refractivity contribution in [2.24, 2.45) is 11.8 Å². The summed E-state index contributed by atoms with van der Waals surface area (Å²) in [5.41, 5.74) is 0. The molecule has 0 aliphatic rings. The number of methoxy groups -OCH3 is 4. The van der Waals surface area contributed by atoms with Crippen molar-refractivity contribution in [1.82, 2.24) is 0 Å². The Morgan fingerprint density at radius 3 is 1.21 bits per heavy atom. The van der Waals surface area contributed by atoms with Crippen LogP contribution in [0.2, 0.25) is 0 Å². The lowest BCUT2D eigenvalue weighted by molar-refractivity contribution is -0.152. The van der Waals surface area contributed by atoms with Gasteiger partial charge in [0.15, 0.2) is 0 Å². The average molecular weight is 346 g/mol. The zero-order valence-electron chi connectivity index (χ0n) is 14.7. The minimum absolute atomic E-state index is 0.0498. The predicted molar refractivity (Wildman–Crippen MR) is 82.7 cm³/mol. The van der Waals surface area contributed by atoms with Crippen LogP contribution in [-0.4, -0.2) is 52.3 Å². The predicted octanol–water partition coefficient (Wildman–Crippen LogP) is 1.25. The lowest BCUT2D eigenvalue weighted by atomic mass is 9.94. The molecule has 0 rings (SSSR count). The van der Waals surface area contributed by atoms with Crippen molar-refractivity contribution in [2.75, 3.05) is 28.4 Å². The van der Waals surface area contributed by atoms with E-state index >= 15 is 0 Å². The largest absolute Gasteiger partial charge is 0.469 e. The van der Waals surface area contributed by atoms with Crippen LogP contribution in [0.25, 0.3) is 0 Å². The molecule has 0 aromatic heterocycles. The highest BCUT2D eigenvalue weighted by molar-refractivity contribution is 5.80. The van der Waals surface area contributed by atoms with E-state index in [1.807, 2.05) is 0 Å². The molecule has 0 aliphatic heterocycles. The third kappa shape index (κ3) is 8.50. The Labute approximate surface area is 141 Å². The molecule has 0 fully saturated rings. The molecule has 0 heterocycles. The summed E-state index contributed by atoms with van der Waals surface area (Å²) < 4.78 is 18.5. The van der Waals surface area contributed by atoms with Gasteiger partial charge >= 0.3 is 23.9 Å². The van der Waals surface area contributed by atoms with Gasteiger partial charge in [0.1, 0.15) is 0 Å². The van der Waals surface area contributed by atoms with E-state index in [9.17, 15) is 19.2 Å². The van der Waals surface area contributed by atoms with Gasteiger partial charge in [-0.1, -0.05) is 12.8 Å². The van der Waals surface area contributed by atoms with Crippen molar-refractivity contribution in [1.29, 1.82) is 0 Å². The first-order chi connectivity index (χ1) is 11.4. The normalized spacial score (nSPS) is 12.7. The first-order valence-corrected chi connectivity index (χ1v) is 7.68. The summed E-state index contributed by atoms with van der Waals surface area (Å²) in [5.74, 6) is -3.08. The number of hydrogen-bond acceptors (Lipinski definition) is 8. The van der Waals surface area contributed by atoms with E-state index in [4.69, 9.17) is 0 Å². The third-order valence-electron chi connectivity index (χ3n) is 3.71.